The van der Waals surface area contributed by atoms with E-state index in [1.54, 1.807) is 36.4 Å². The minimum Gasteiger partial charge on any atom is -0.490 e. The Bertz CT molecular complexity index is 1060. The quantitative estimate of drug-likeness (QED) is 0.451. The van der Waals surface area contributed by atoms with Crippen molar-refractivity contribution in [3.63, 3.8) is 0 Å². The fourth-order valence-electron chi connectivity index (χ4n) is 5.32. The predicted octanol–water partition coefficient (Wildman–Crippen LogP) is 4.21. The molecule has 0 unspecified atom stereocenters. The van der Waals surface area contributed by atoms with Crippen molar-refractivity contribution in [2.24, 2.45) is 5.92 Å². The molecule has 192 valence electrons. The van der Waals surface area contributed by atoms with E-state index in [1.165, 1.54) is 12.1 Å². The minimum atomic E-state index is -0.741. The number of carboxylic acid groups (broad SMARTS) is 1. The van der Waals surface area contributed by atoms with Crippen LogP contribution in [0.2, 0.25) is 0 Å². The summed E-state index contributed by atoms with van der Waals surface area (Å²) in [6.07, 6.45) is 5.97. The second-order valence-electron chi connectivity index (χ2n) is 9.76. The second kappa shape index (κ2) is 11.5. The Balaban J connectivity index is 1.22. The number of rotatable bonds is 9. The van der Waals surface area contributed by atoms with Crippen molar-refractivity contribution < 1.29 is 28.6 Å². The first-order chi connectivity index (χ1) is 17.4. The second-order valence-corrected chi connectivity index (χ2v) is 9.76. The van der Waals surface area contributed by atoms with E-state index in [1.807, 2.05) is 0 Å². The zero-order valence-electron chi connectivity index (χ0n) is 20.3. The number of carbonyl (C=O) groups is 3. The zero-order chi connectivity index (χ0) is 25.5. The van der Waals surface area contributed by atoms with Crippen molar-refractivity contribution in [1.29, 1.82) is 0 Å². The first-order valence-electron chi connectivity index (χ1n) is 12.7. The highest BCUT2D eigenvalue weighted by Crippen LogP contribution is 2.41. The number of benzene rings is 2. The largest absolute Gasteiger partial charge is 0.490 e. The number of carbonyl (C=O) groups excluding carboxylic acids is 2. The molecule has 2 amide bonds. The van der Waals surface area contributed by atoms with Crippen LogP contribution in [-0.2, 0) is 15.0 Å². The zero-order valence-corrected chi connectivity index (χ0v) is 20.3. The van der Waals surface area contributed by atoms with Gasteiger partial charge in [-0.1, -0.05) is 25.0 Å². The molecule has 3 N–H and O–H groups in total. The molecule has 7 nitrogen and oxygen atoms in total. The molecule has 0 spiro atoms. The lowest BCUT2D eigenvalue weighted by Gasteiger charge is -2.28. The van der Waals surface area contributed by atoms with Gasteiger partial charge in [0.1, 0.15) is 11.6 Å². The molecule has 0 saturated heterocycles. The van der Waals surface area contributed by atoms with Crippen LogP contribution in [0, 0.1) is 11.7 Å². The Labute approximate surface area is 210 Å². The van der Waals surface area contributed by atoms with Crippen molar-refractivity contribution in [3.05, 3.63) is 65.5 Å². The smallest absolute Gasteiger partial charge is 0.306 e. The SMILES string of the molecule is O=C(NCCNC(=O)C1(c2ccc(F)cc2)CCCC1)c1ccc(O[C@H]2CC[C@@H](C(=O)O)CC2)cc1. The van der Waals surface area contributed by atoms with Crippen molar-refractivity contribution in [1.82, 2.24) is 10.6 Å². The maximum absolute atomic E-state index is 13.4. The maximum atomic E-state index is 13.4. The monoisotopic (exact) mass is 496 g/mol. The van der Waals surface area contributed by atoms with Gasteiger partial charge in [-0.25, -0.2) is 4.39 Å². The van der Waals surface area contributed by atoms with E-state index in [-0.39, 0.29) is 36.2 Å². The number of ether oxygens (including phenoxy) is 1. The van der Waals surface area contributed by atoms with Gasteiger partial charge in [0.05, 0.1) is 17.4 Å². The van der Waals surface area contributed by atoms with Gasteiger partial charge in [0, 0.05) is 18.7 Å². The molecule has 36 heavy (non-hydrogen) atoms. The van der Waals surface area contributed by atoms with Crippen LogP contribution in [0.25, 0.3) is 0 Å². The normalized spacial score (nSPS) is 20.9. The molecular weight excluding hydrogens is 463 g/mol. The van der Waals surface area contributed by atoms with Crippen molar-refractivity contribution in [2.45, 2.75) is 62.9 Å². The van der Waals surface area contributed by atoms with E-state index in [0.717, 1.165) is 31.2 Å². The van der Waals surface area contributed by atoms with Gasteiger partial charge in [0.25, 0.3) is 5.91 Å². The minimum absolute atomic E-state index is 0.0121. The van der Waals surface area contributed by atoms with Gasteiger partial charge in [0.15, 0.2) is 0 Å². The highest BCUT2D eigenvalue weighted by Gasteiger charge is 2.42. The van der Waals surface area contributed by atoms with Crippen LogP contribution in [0.5, 0.6) is 5.75 Å². The van der Waals surface area contributed by atoms with Crippen LogP contribution in [-0.4, -0.2) is 42.1 Å². The molecule has 2 aliphatic carbocycles. The molecule has 0 aliphatic heterocycles. The summed E-state index contributed by atoms with van der Waals surface area (Å²) in [5.41, 5.74) is 0.683. The highest BCUT2D eigenvalue weighted by molar-refractivity contribution is 5.94. The van der Waals surface area contributed by atoms with E-state index in [4.69, 9.17) is 9.84 Å². The summed E-state index contributed by atoms with van der Waals surface area (Å²) in [6.45, 7) is 0.586. The Hall–Kier alpha value is -3.42. The summed E-state index contributed by atoms with van der Waals surface area (Å²) in [5, 5.41) is 14.9. The Morgan fingerprint density at radius 1 is 0.889 bits per heavy atom. The Morgan fingerprint density at radius 2 is 1.50 bits per heavy atom. The van der Waals surface area contributed by atoms with Crippen LogP contribution in [0.1, 0.15) is 67.3 Å². The average Bonchev–Trinajstić information content (AvgIpc) is 3.39. The molecule has 0 bridgehead atoms. The molecule has 2 aromatic rings. The number of hydrogen-bond donors (Lipinski definition) is 3. The van der Waals surface area contributed by atoms with Gasteiger partial charge < -0.3 is 20.5 Å². The lowest BCUT2D eigenvalue weighted by Crippen LogP contribution is -2.45. The Morgan fingerprint density at radius 3 is 2.11 bits per heavy atom. The number of halogens is 1. The van der Waals surface area contributed by atoms with Gasteiger partial charge in [-0.2, -0.15) is 0 Å². The Kier molecular flexibility index (Phi) is 8.23. The van der Waals surface area contributed by atoms with Gasteiger partial charge in [-0.3, -0.25) is 14.4 Å². The molecule has 8 heteroatoms. The van der Waals surface area contributed by atoms with Gasteiger partial charge in [0.2, 0.25) is 5.91 Å². The van der Waals surface area contributed by atoms with Gasteiger partial charge in [-0.15, -0.1) is 0 Å². The predicted molar refractivity (Wildman–Crippen MR) is 132 cm³/mol. The van der Waals surface area contributed by atoms with Gasteiger partial charge in [-0.05, 0) is 80.5 Å². The summed E-state index contributed by atoms with van der Waals surface area (Å²) in [7, 11) is 0. The fraction of sp³-hybridized carbons (Fsp3) is 0.464. The molecule has 0 radical (unpaired) electrons. The molecule has 0 heterocycles. The van der Waals surface area contributed by atoms with Crippen molar-refractivity contribution in [2.75, 3.05) is 13.1 Å². The number of nitrogens with one attached hydrogen (secondary N) is 2. The maximum Gasteiger partial charge on any atom is 0.306 e. The summed E-state index contributed by atoms with van der Waals surface area (Å²) >= 11 is 0. The third kappa shape index (κ3) is 6.04. The van der Waals surface area contributed by atoms with E-state index in [9.17, 15) is 18.8 Å². The first-order valence-corrected chi connectivity index (χ1v) is 12.7. The molecule has 2 aliphatic rings. The van der Waals surface area contributed by atoms with Crippen LogP contribution < -0.4 is 15.4 Å². The van der Waals surface area contributed by atoms with Crippen LogP contribution in [0.4, 0.5) is 4.39 Å². The molecule has 0 aromatic heterocycles. The number of amides is 2. The summed E-state index contributed by atoms with van der Waals surface area (Å²) < 4.78 is 19.3. The third-order valence-corrected chi connectivity index (χ3v) is 7.43. The average molecular weight is 497 g/mol. The molecule has 0 atom stereocenters. The van der Waals surface area contributed by atoms with Crippen LogP contribution in [0.15, 0.2) is 48.5 Å². The third-order valence-electron chi connectivity index (χ3n) is 7.43. The van der Waals surface area contributed by atoms with E-state index >= 15 is 0 Å². The van der Waals surface area contributed by atoms with Crippen molar-refractivity contribution >= 4 is 17.8 Å². The number of carboxylic acids is 1. The number of aliphatic carboxylic acids is 1. The molecule has 2 saturated carbocycles. The standard InChI is InChI=1S/C28H33FN2O5/c29-22-9-7-21(8-10-22)28(15-1-2-16-28)27(35)31-18-17-30-25(32)19-3-11-23(12-4-19)36-24-13-5-20(6-14-24)26(33)34/h3-4,7-12,20,24H,1-2,5-6,13-18H2,(H,30,32)(H,31,35)(H,33,34)/t20-,24+. The molecule has 4 rings (SSSR count). The van der Waals surface area contributed by atoms with E-state index < -0.39 is 11.4 Å². The number of hydrogen-bond acceptors (Lipinski definition) is 4. The van der Waals surface area contributed by atoms with Crippen molar-refractivity contribution in [3.8, 4) is 5.75 Å². The van der Waals surface area contributed by atoms with Crippen LogP contribution in [0.3, 0.4) is 0 Å². The van der Waals surface area contributed by atoms with E-state index in [0.29, 0.717) is 43.5 Å². The lowest BCUT2D eigenvalue weighted by molar-refractivity contribution is -0.143. The topological polar surface area (TPSA) is 105 Å². The molecule has 2 aromatic carbocycles. The lowest BCUT2D eigenvalue weighted by atomic mass is 9.78. The van der Waals surface area contributed by atoms with E-state index in [2.05, 4.69) is 10.6 Å². The summed E-state index contributed by atoms with van der Waals surface area (Å²) in [5.74, 6) is -1.02. The summed E-state index contributed by atoms with van der Waals surface area (Å²) in [4.78, 5) is 36.6. The summed E-state index contributed by atoms with van der Waals surface area (Å²) in [6, 6.07) is 13.0. The molecule has 2 fully saturated rings. The molecular formula is C28H33FN2O5. The first kappa shape index (κ1) is 25.7. The van der Waals surface area contributed by atoms with Crippen LogP contribution >= 0.6 is 0 Å². The fourth-order valence-corrected chi connectivity index (χ4v) is 5.32. The van der Waals surface area contributed by atoms with Gasteiger partial charge >= 0.3 is 5.97 Å². The highest BCUT2D eigenvalue weighted by atomic mass is 19.1.